The van der Waals surface area contributed by atoms with Crippen molar-refractivity contribution in [1.82, 2.24) is 14.9 Å². The third-order valence-corrected chi connectivity index (χ3v) is 5.20. The zero-order chi connectivity index (χ0) is 19.6. The number of rotatable bonds is 5. The maximum Gasteiger partial charge on any atom is 0.237 e. The number of hydrogen-bond acceptors (Lipinski definition) is 5. The van der Waals surface area contributed by atoms with Crippen molar-refractivity contribution < 1.29 is 9.18 Å². The second-order valence-electron chi connectivity index (χ2n) is 6.20. The van der Waals surface area contributed by atoms with E-state index in [1.165, 1.54) is 22.5 Å². The summed E-state index contributed by atoms with van der Waals surface area (Å²) in [6.07, 6.45) is 0. The van der Waals surface area contributed by atoms with Gasteiger partial charge in [0.1, 0.15) is 5.82 Å². The van der Waals surface area contributed by atoms with E-state index in [1.807, 2.05) is 31.2 Å². The van der Waals surface area contributed by atoms with E-state index in [2.05, 4.69) is 15.5 Å². The third-order valence-electron chi connectivity index (χ3n) is 4.14. The summed E-state index contributed by atoms with van der Waals surface area (Å²) in [5.74, 6) is 6.02. The highest BCUT2D eigenvalue weighted by Gasteiger charge is 2.20. The van der Waals surface area contributed by atoms with Gasteiger partial charge in [-0.2, -0.15) is 0 Å². The van der Waals surface area contributed by atoms with Crippen molar-refractivity contribution >= 4 is 23.4 Å². The van der Waals surface area contributed by atoms with Crippen molar-refractivity contribution in [2.45, 2.75) is 31.2 Å². The molecule has 0 unspecified atom stereocenters. The smallest absolute Gasteiger partial charge is 0.237 e. The molecule has 3 aromatic rings. The number of nitrogens with one attached hydrogen (secondary N) is 1. The van der Waals surface area contributed by atoms with Crippen molar-refractivity contribution in [3.8, 4) is 11.4 Å². The van der Waals surface area contributed by atoms with Gasteiger partial charge >= 0.3 is 0 Å². The van der Waals surface area contributed by atoms with Crippen molar-refractivity contribution in [2.75, 3.05) is 11.2 Å². The van der Waals surface area contributed by atoms with Crippen LogP contribution in [0.15, 0.2) is 47.6 Å². The van der Waals surface area contributed by atoms with E-state index in [0.29, 0.717) is 22.2 Å². The molecule has 0 fully saturated rings. The largest absolute Gasteiger partial charge is 0.335 e. The average Bonchev–Trinajstić information content (AvgIpc) is 2.99. The molecular formula is C19H20FN5OS. The van der Waals surface area contributed by atoms with E-state index in [-0.39, 0.29) is 11.7 Å². The monoisotopic (exact) mass is 385 g/mol. The van der Waals surface area contributed by atoms with Crippen LogP contribution in [0.5, 0.6) is 0 Å². The first-order valence-electron chi connectivity index (χ1n) is 8.37. The van der Waals surface area contributed by atoms with Gasteiger partial charge in [0.05, 0.1) is 5.25 Å². The quantitative estimate of drug-likeness (QED) is 0.518. The van der Waals surface area contributed by atoms with Crippen molar-refractivity contribution in [2.24, 2.45) is 0 Å². The minimum absolute atomic E-state index is 0.274. The molecule has 3 rings (SSSR count). The number of nitrogen functional groups attached to an aromatic ring is 1. The van der Waals surface area contributed by atoms with E-state index in [4.69, 9.17) is 5.84 Å². The molecule has 0 aliphatic heterocycles. The molecule has 0 radical (unpaired) electrons. The average molecular weight is 385 g/mol. The summed E-state index contributed by atoms with van der Waals surface area (Å²) in [5.41, 5.74) is 2.84. The van der Waals surface area contributed by atoms with E-state index in [0.717, 1.165) is 11.1 Å². The normalized spacial score (nSPS) is 12.0. The molecular weight excluding hydrogens is 365 g/mol. The number of benzene rings is 2. The summed E-state index contributed by atoms with van der Waals surface area (Å²) >= 11 is 1.18. The molecule has 0 aliphatic rings. The molecule has 0 aliphatic carbocycles. The fourth-order valence-corrected chi connectivity index (χ4v) is 3.26. The molecule has 1 aromatic heterocycles. The number of halogens is 1. The highest BCUT2D eigenvalue weighted by Crippen LogP contribution is 2.27. The van der Waals surface area contributed by atoms with Crippen LogP contribution in [0.1, 0.15) is 18.1 Å². The molecule has 0 bridgehead atoms. The number of carbonyl (C=O) groups is 1. The highest BCUT2D eigenvalue weighted by atomic mass is 32.2. The number of aryl methyl sites for hydroxylation is 2. The van der Waals surface area contributed by atoms with Crippen LogP contribution in [-0.4, -0.2) is 26.0 Å². The standard InChI is InChI=1S/C19H20FN5OS/c1-11-6-4-5-7-15(11)17-23-24-19(25(17)21)27-13(3)18(26)22-14-9-8-12(2)16(20)10-14/h4-10,13H,21H2,1-3H3,(H,22,26)/t13-/m0/s1. The van der Waals surface area contributed by atoms with Gasteiger partial charge in [-0.15, -0.1) is 10.2 Å². The van der Waals surface area contributed by atoms with Crippen molar-refractivity contribution in [1.29, 1.82) is 0 Å². The summed E-state index contributed by atoms with van der Waals surface area (Å²) in [7, 11) is 0. The van der Waals surface area contributed by atoms with Crippen LogP contribution in [0.2, 0.25) is 0 Å². The lowest BCUT2D eigenvalue weighted by atomic mass is 10.1. The molecule has 8 heteroatoms. The first kappa shape index (κ1) is 18.9. The van der Waals surface area contributed by atoms with Crippen LogP contribution in [-0.2, 0) is 4.79 Å². The van der Waals surface area contributed by atoms with Crippen LogP contribution in [0.4, 0.5) is 10.1 Å². The maximum absolute atomic E-state index is 13.6. The van der Waals surface area contributed by atoms with Gasteiger partial charge in [-0.3, -0.25) is 4.79 Å². The number of carbonyl (C=O) groups excluding carboxylic acids is 1. The Labute approximate surface area is 161 Å². The lowest BCUT2D eigenvalue weighted by Crippen LogP contribution is -2.23. The fourth-order valence-electron chi connectivity index (χ4n) is 2.49. The Bertz CT molecular complexity index is 988. The van der Waals surface area contributed by atoms with E-state index in [9.17, 15) is 9.18 Å². The second kappa shape index (κ2) is 7.79. The molecule has 3 N–H and O–H groups in total. The minimum Gasteiger partial charge on any atom is -0.335 e. The minimum atomic E-state index is -0.495. The fraction of sp³-hybridized carbons (Fsp3) is 0.211. The lowest BCUT2D eigenvalue weighted by Gasteiger charge is -2.12. The van der Waals surface area contributed by atoms with Crippen molar-refractivity contribution in [3.63, 3.8) is 0 Å². The topological polar surface area (TPSA) is 85.8 Å². The number of nitrogens with two attached hydrogens (primary N) is 1. The zero-order valence-corrected chi connectivity index (χ0v) is 16.0. The molecule has 2 aromatic carbocycles. The van der Waals surface area contributed by atoms with E-state index in [1.54, 1.807) is 26.0 Å². The highest BCUT2D eigenvalue weighted by molar-refractivity contribution is 8.00. The molecule has 27 heavy (non-hydrogen) atoms. The number of thioether (sulfide) groups is 1. The summed E-state index contributed by atoms with van der Waals surface area (Å²) in [4.78, 5) is 12.4. The third kappa shape index (κ3) is 4.11. The van der Waals surface area contributed by atoms with Gasteiger partial charge < -0.3 is 11.2 Å². The second-order valence-corrected chi connectivity index (χ2v) is 7.51. The van der Waals surface area contributed by atoms with Gasteiger partial charge in [0.15, 0.2) is 5.82 Å². The maximum atomic E-state index is 13.6. The SMILES string of the molecule is Cc1ccc(NC(=O)[C@H](C)Sc2nnc(-c3ccccc3C)n2N)cc1F. The molecule has 6 nitrogen and oxygen atoms in total. The Morgan fingerprint density at radius 3 is 2.63 bits per heavy atom. The van der Waals surface area contributed by atoms with Crippen LogP contribution in [0, 0.1) is 19.7 Å². The number of hydrogen-bond donors (Lipinski definition) is 2. The molecule has 0 saturated carbocycles. The van der Waals surface area contributed by atoms with Crippen LogP contribution in [0.3, 0.4) is 0 Å². The molecule has 0 saturated heterocycles. The Balaban J connectivity index is 1.72. The lowest BCUT2D eigenvalue weighted by molar-refractivity contribution is -0.115. The number of anilines is 1. The first-order chi connectivity index (χ1) is 12.9. The Morgan fingerprint density at radius 1 is 1.19 bits per heavy atom. The Hall–Kier alpha value is -2.87. The summed E-state index contributed by atoms with van der Waals surface area (Å²) in [6, 6.07) is 12.3. The van der Waals surface area contributed by atoms with Crippen LogP contribution < -0.4 is 11.2 Å². The first-order valence-corrected chi connectivity index (χ1v) is 9.25. The van der Waals surface area contributed by atoms with Gasteiger partial charge in [-0.25, -0.2) is 9.07 Å². The van der Waals surface area contributed by atoms with E-state index < -0.39 is 5.25 Å². The molecule has 0 spiro atoms. The predicted molar refractivity (Wildman–Crippen MR) is 105 cm³/mol. The van der Waals surface area contributed by atoms with Gasteiger partial charge in [0.25, 0.3) is 0 Å². The molecule has 140 valence electrons. The van der Waals surface area contributed by atoms with Gasteiger partial charge in [-0.05, 0) is 44.0 Å². The van der Waals surface area contributed by atoms with Crippen LogP contribution in [0.25, 0.3) is 11.4 Å². The molecule has 1 amide bonds. The number of amides is 1. The number of aromatic nitrogens is 3. The van der Waals surface area contributed by atoms with E-state index >= 15 is 0 Å². The Kier molecular flexibility index (Phi) is 5.46. The van der Waals surface area contributed by atoms with Gasteiger partial charge in [0, 0.05) is 11.3 Å². The zero-order valence-electron chi connectivity index (χ0n) is 15.2. The van der Waals surface area contributed by atoms with Gasteiger partial charge in [-0.1, -0.05) is 42.1 Å². The summed E-state index contributed by atoms with van der Waals surface area (Å²) in [5, 5.41) is 10.9. The predicted octanol–water partition coefficient (Wildman–Crippen LogP) is 3.53. The summed E-state index contributed by atoms with van der Waals surface area (Å²) in [6.45, 7) is 5.36. The summed E-state index contributed by atoms with van der Waals surface area (Å²) < 4.78 is 15.0. The Morgan fingerprint density at radius 2 is 1.93 bits per heavy atom. The van der Waals surface area contributed by atoms with Crippen molar-refractivity contribution in [3.05, 3.63) is 59.4 Å². The number of nitrogens with zero attached hydrogens (tertiary/aromatic N) is 3. The van der Waals surface area contributed by atoms with Crippen LogP contribution >= 0.6 is 11.8 Å². The molecule has 1 atom stereocenters. The van der Waals surface area contributed by atoms with Gasteiger partial charge in [0.2, 0.25) is 11.1 Å². The molecule has 1 heterocycles.